The van der Waals surface area contributed by atoms with E-state index in [-0.39, 0.29) is 23.8 Å². The van der Waals surface area contributed by atoms with Crippen LogP contribution in [0.4, 0.5) is 0 Å². The van der Waals surface area contributed by atoms with Gasteiger partial charge >= 0.3 is 0 Å². The molecule has 33 heavy (non-hydrogen) atoms. The Morgan fingerprint density at radius 1 is 1.15 bits per heavy atom. The minimum atomic E-state index is -0.343. The second kappa shape index (κ2) is 10.1. The van der Waals surface area contributed by atoms with Crippen LogP contribution in [0.3, 0.4) is 0 Å². The topological polar surface area (TPSA) is 87.7 Å². The molecule has 7 heteroatoms. The van der Waals surface area contributed by atoms with Crippen molar-refractivity contribution in [3.05, 3.63) is 65.4 Å². The smallest absolute Gasteiger partial charge is 0.273 e. The lowest BCUT2D eigenvalue weighted by molar-refractivity contribution is 0.0601. The van der Waals surface area contributed by atoms with E-state index in [9.17, 15) is 9.90 Å². The molecule has 2 heterocycles. The molecule has 2 aromatic carbocycles. The van der Waals surface area contributed by atoms with Gasteiger partial charge in [-0.25, -0.2) is 0 Å². The van der Waals surface area contributed by atoms with Crippen molar-refractivity contribution in [2.75, 3.05) is 19.8 Å². The lowest BCUT2D eigenvalue weighted by Crippen LogP contribution is -2.31. The number of aromatic hydroxyl groups is 1. The number of hydrogen-bond acceptors (Lipinski definition) is 5. The van der Waals surface area contributed by atoms with Crippen molar-refractivity contribution < 1.29 is 19.4 Å². The highest BCUT2D eigenvalue weighted by atomic mass is 16.5. The molecular weight excluding hydrogens is 418 g/mol. The number of benzene rings is 2. The monoisotopic (exact) mass is 449 g/mol. The van der Waals surface area contributed by atoms with Crippen LogP contribution >= 0.6 is 0 Å². The fourth-order valence-corrected chi connectivity index (χ4v) is 4.20. The van der Waals surface area contributed by atoms with Crippen molar-refractivity contribution >= 4 is 5.91 Å². The third-order valence-corrected chi connectivity index (χ3v) is 5.66. The number of phenolic OH excluding ortho intramolecular Hbond substituents is 1. The highest BCUT2D eigenvalue weighted by Gasteiger charge is 2.42. The van der Waals surface area contributed by atoms with Gasteiger partial charge in [0.25, 0.3) is 5.91 Å². The summed E-state index contributed by atoms with van der Waals surface area (Å²) < 4.78 is 11.6. The summed E-state index contributed by atoms with van der Waals surface area (Å²) in [5, 5.41) is 17.8. The SMILES string of the molecule is CCCOc1cccc([C@H]2c3c(-c4ccccc4O)n[nH]c3C(=O)N2CCCOC(C)C)c1. The number of aromatic amines is 1. The largest absolute Gasteiger partial charge is 0.507 e. The van der Waals surface area contributed by atoms with Gasteiger partial charge in [-0.15, -0.1) is 0 Å². The maximum Gasteiger partial charge on any atom is 0.273 e. The number of ether oxygens (including phenoxy) is 2. The number of phenols is 1. The number of amides is 1. The number of fused-ring (bicyclic) bond motifs is 1. The van der Waals surface area contributed by atoms with Crippen molar-refractivity contribution in [1.29, 1.82) is 0 Å². The first-order valence-corrected chi connectivity index (χ1v) is 11.5. The average molecular weight is 450 g/mol. The zero-order valence-electron chi connectivity index (χ0n) is 19.4. The van der Waals surface area contributed by atoms with E-state index < -0.39 is 0 Å². The van der Waals surface area contributed by atoms with E-state index in [1.54, 1.807) is 12.1 Å². The Morgan fingerprint density at radius 2 is 1.97 bits per heavy atom. The number of carbonyl (C=O) groups is 1. The summed E-state index contributed by atoms with van der Waals surface area (Å²) in [5.41, 5.74) is 3.36. The van der Waals surface area contributed by atoms with E-state index in [1.165, 1.54) is 0 Å². The number of aromatic nitrogens is 2. The minimum absolute atomic E-state index is 0.103. The standard InChI is InChI=1S/C26H31N3O4/c1-4-14-33-19-10-7-9-18(16-19)25-22-23(20-11-5-6-12-21(20)30)27-28-24(22)26(31)29(25)13-8-15-32-17(2)3/h5-7,9-12,16-17,25,30H,4,8,13-15H2,1-3H3,(H,27,28)/t25-/m0/s1. The van der Waals surface area contributed by atoms with E-state index >= 15 is 0 Å². The average Bonchev–Trinajstić information content (AvgIpc) is 3.34. The van der Waals surface area contributed by atoms with Gasteiger partial charge in [0, 0.05) is 24.3 Å². The molecule has 0 saturated carbocycles. The second-order valence-corrected chi connectivity index (χ2v) is 8.47. The third kappa shape index (κ3) is 4.73. The Morgan fingerprint density at radius 3 is 2.73 bits per heavy atom. The number of nitrogens with one attached hydrogen (secondary N) is 1. The molecule has 3 aromatic rings. The molecule has 0 aliphatic carbocycles. The zero-order valence-corrected chi connectivity index (χ0v) is 19.4. The summed E-state index contributed by atoms with van der Waals surface area (Å²) >= 11 is 0. The maximum atomic E-state index is 13.4. The van der Waals surface area contributed by atoms with Crippen LogP contribution in [0.25, 0.3) is 11.3 Å². The van der Waals surface area contributed by atoms with Crippen LogP contribution in [0, 0.1) is 0 Å². The number of H-pyrrole nitrogens is 1. The van der Waals surface area contributed by atoms with Crippen molar-refractivity contribution in [1.82, 2.24) is 15.1 Å². The fourth-order valence-electron chi connectivity index (χ4n) is 4.20. The van der Waals surface area contributed by atoms with Crippen LogP contribution in [0.2, 0.25) is 0 Å². The molecule has 0 unspecified atom stereocenters. The Labute approximate surface area is 194 Å². The Kier molecular flexibility index (Phi) is 6.99. The highest BCUT2D eigenvalue weighted by Crippen LogP contribution is 2.44. The van der Waals surface area contributed by atoms with Crippen LogP contribution in [-0.2, 0) is 4.74 Å². The molecule has 7 nitrogen and oxygen atoms in total. The Balaban J connectivity index is 1.74. The molecule has 2 N–H and O–H groups in total. The summed E-state index contributed by atoms with van der Waals surface area (Å²) in [6.07, 6.45) is 1.78. The van der Waals surface area contributed by atoms with E-state index in [2.05, 4.69) is 17.1 Å². The summed E-state index contributed by atoms with van der Waals surface area (Å²) in [6, 6.07) is 14.6. The van der Waals surface area contributed by atoms with E-state index in [1.807, 2.05) is 55.1 Å². The van der Waals surface area contributed by atoms with Gasteiger partial charge < -0.3 is 19.5 Å². The van der Waals surface area contributed by atoms with Crippen molar-refractivity contribution in [2.24, 2.45) is 0 Å². The first kappa shape index (κ1) is 22.9. The quantitative estimate of drug-likeness (QED) is 0.429. The number of para-hydroxylation sites is 1. The van der Waals surface area contributed by atoms with E-state index in [4.69, 9.17) is 9.47 Å². The van der Waals surface area contributed by atoms with Gasteiger partial charge in [-0.05, 0) is 56.5 Å². The number of hydrogen-bond donors (Lipinski definition) is 2. The Hall–Kier alpha value is -3.32. The van der Waals surface area contributed by atoms with Gasteiger partial charge in [0.15, 0.2) is 0 Å². The van der Waals surface area contributed by atoms with Crippen molar-refractivity contribution in [3.8, 4) is 22.8 Å². The molecule has 174 valence electrons. The molecule has 0 saturated heterocycles. The molecule has 0 fully saturated rings. The van der Waals surface area contributed by atoms with E-state index in [0.29, 0.717) is 36.7 Å². The molecule has 0 spiro atoms. The summed E-state index contributed by atoms with van der Waals surface area (Å²) in [4.78, 5) is 15.3. The van der Waals surface area contributed by atoms with Gasteiger partial charge in [-0.3, -0.25) is 9.89 Å². The Bertz CT molecular complexity index is 1110. The molecule has 1 aliphatic heterocycles. The molecule has 0 bridgehead atoms. The molecule has 1 aromatic heterocycles. The molecule has 1 aliphatic rings. The molecule has 1 atom stereocenters. The summed E-state index contributed by atoms with van der Waals surface area (Å²) in [5.74, 6) is 0.793. The van der Waals surface area contributed by atoms with Gasteiger partial charge in [0.05, 0.1) is 18.8 Å². The summed E-state index contributed by atoms with van der Waals surface area (Å²) in [6.45, 7) is 7.81. The summed E-state index contributed by atoms with van der Waals surface area (Å²) in [7, 11) is 0. The lowest BCUT2D eigenvalue weighted by Gasteiger charge is -2.27. The van der Waals surface area contributed by atoms with Crippen LogP contribution in [0.1, 0.15) is 61.3 Å². The molecule has 1 amide bonds. The molecule has 4 rings (SSSR count). The van der Waals surface area contributed by atoms with Gasteiger partial charge in [-0.2, -0.15) is 5.10 Å². The third-order valence-electron chi connectivity index (χ3n) is 5.66. The van der Waals surface area contributed by atoms with Crippen LogP contribution in [0.5, 0.6) is 11.5 Å². The van der Waals surface area contributed by atoms with Crippen molar-refractivity contribution in [3.63, 3.8) is 0 Å². The number of nitrogens with zero attached hydrogens (tertiary/aromatic N) is 2. The van der Waals surface area contributed by atoms with Gasteiger partial charge in [0.1, 0.15) is 22.9 Å². The van der Waals surface area contributed by atoms with Crippen molar-refractivity contribution in [2.45, 2.75) is 45.8 Å². The van der Waals surface area contributed by atoms with Gasteiger partial charge in [-0.1, -0.05) is 31.2 Å². The minimum Gasteiger partial charge on any atom is -0.507 e. The predicted molar refractivity (Wildman–Crippen MR) is 127 cm³/mol. The lowest BCUT2D eigenvalue weighted by atomic mass is 9.95. The van der Waals surface area contributed by atoms with Crippen LogP contribution < -0.4 is 4.74 Å². The first-order valence-electron chi connectivity index (χ1n) is 11.5. The normalized spacial score (nSPS) is 15.3. The first-order chi connectivity index (χ1) is 16.0. The number of carbonyl (C=O) groups excluding carboxylic acids is 1. The molecule has 0 radical (unpaired) electrons. The zero-order chi connectivity index (χ0) is 23.4. The predicted octanol–water partition coefficient (Wildman–Crippen LogP) is 4.93. The number of rotatable bonds is 10. The van der Waals surface area contributed by atoms with Gasteiger partial charge in [0.2, 0.25) is 0 Å². The second-order valence-electron chi connectivity index (χ2n) is 8.47. The maximum absolute atomic E-state index is 13.4. The fraction of sp³-hybridized carbons (Fsp3) is 0.385. The van der Waals surface area contributed by atoms with Crippen LogP contribution in [0.15, 0.2) is 48.5 Å². The van der Waals surface area contributed by atoms with Crippen LogP contribution in [-0.4, -0.2) is 52.0 Å². The van der Waals surface area contributed by atoms with E-state index in [0.717, 1.165) is 29.7 Å². The molecular formula is C26H31N3O4. The highest BCUT2D eigenvalue weighted by molar-refractivity contribution is 6.00.